The van der Waals surface area contributed by atoms with Crippen molar-refractivity contribution < 1.29 is 9.53 Å². The van der Waals surface area contributed by atoms with Crippen LogP contribution in [0.4, 0.5) is 0 Å². The van der Waals surface area contributed by atoms with Crippen LogP contribution in [0.2, 0.25) is 5.02 Å². The van der Waals surface area contributed by atoms with Crippen molar-refractivity contribution in [3.05, 3.63) is 86.1 Å². The molecule has 3 heterocycles. The average Bonchev–Trinajstić information content (AvgIpc) is 3.47. The van der Waals surface area contributed by atoms with E-state index in [2.05, 4.69) is 27.7 Å². The fraction of sp³-hybridized carbons (Fsp3) is 0.382. The third kappa shape index (κ3) is 6.18. The first-order valence-electron chi connectivity index (χ1n) is 14.7. The van der Waals surface area contributed by atoms with Crippen LogP contribution in [-0.2, 0) is 12.8 Å². The zero-order valence-corrected chi connectivity index (χ0v) is 26.5. The molecule has 1 saturated heterocycles. The van der Waals surface area contributed by atoms with Gasteiger partial charge in [0.25, 0.3) is 11.5 Å². The summed E-state index contributed by atoms with van der Waals surface area (Å²) in [4.78, 5) is 35.7. The lowest BCUT2D eigenvalue weighted by molar-refractivity contribution is 0.0681. The van der Waals surface area contributed by atoms with Crippen molar-refractivity contribution in [1.29, 1.82) is 0 Å². The molecule has 0 aliphatic carbocycles. The molecule has 1 aliphatic rings. The summed E-state index contributed by atoms with van der Waals surface area (Å²) in [5.41, 5.74) is 4.97. The number of likely N-dealkylation sites (tertiary alicyclic amines) is 1. The number of hydrogen-bond acceptors (Lipinski definition) is 5. The lowest BCUT2D eigenvalue weighted by Crippen LogP contribution is -2.40. The van der Waals surface area contributed by atoms with Gasteiger partial charge in [0.15, 0.2) is 0 Å². The molecule has 0 spiro atoms. The molecule has 1 atom stereocenters. The Bertz CT molecular complexity index is 1640. The van der Waals surface area contributed by atoms with Gasteiger partial charge in [-0.15, -0.1) is 11.3 Å². The fourth-order valence-corrected chi connectivity index (χ4v) is 6.67. The van der Waals surface area contributed by atoms with Gasteiger partial charge in [-0.05, 0) is 67.3 Å². The number of piperidine rings is 1. The maximum absolute atomic E-state index is 14.6. The van der Waals surface area contributed by atoms with E-state index < -0.39 is 0 Å². The molecule has 4 aromatic rings. The third-order valence-corrected chi connectivity index (χ3v) is 9.00. The zero-order chi connectivity index (χ0) is 30.0. The van der Waals surface area contributed by atoms with Crippen molar-refractivity contribution in [3.8, 4) is 33.3 Å². The Hall–Kier alpha value is -3.42. The van der Waals surface area contributed by atoms with Crippen LogP contribution in [0.1, 0.15) is 62.2 Å². The Morgan fingerprint density at radius 2 is 1.93 bits per heavy atom. The van der Waals surface area contributed by atoms with Crippen molar-refractivity contribution in [2.45, 2.75) is 53.4 Å². The van der Waals surface area contributed by atoms with E-state index in [0.717, 1.165) is 54.0 Å². The highest BCUT2D eigenvalue weighted by Crippen LogP contribution is 2.32. The third-order valence-electron chi connectivity index (χ3n) is 7.87. The molecule has 0 radical (unpaired) electrons. The molecule has 8 heteroatoms. The van der Waals surface area contributed by atoms with Crippen LogP contribution in [0.3, 0.4) is 0 Å². The number of pyridine rings is 1. The molecule has 0 unspecified atom stereocenters. The SMILES string of the molecule is CCc1ccc(OC)cc1-n1c(CC(C)C)c(C(=O)N2CCC[C@@H](C)C2)cc(-c2nc(-c3ccc(Cl)cc3)cs2)c1=O. The van der Waals surface area contributed by atoms with Gasteiger partial charge in [0, 0.05) is 40.8 Å². The largest absolute Gasteiger partial charge is 0.497 e. The first-order valence-corrected chi connectivity index (χ1v) is 15.9. The van der Waals surface area contributed by atoms with Crippen LogP contribution >= 0.6 is 22.9 Å². The van der Waals surface area contributed by atoms with Crippen LogP contribution in [-0.4, -0.2) is 40.6 Å². The highest BCUT2D eigenvalue weighted by atomic mass is 35.5. The number of amides is 1. The van der Waals surface area contributed by atoms with Gasteiger partial charge in [0.1, 0.15) is 10.8 Å². The fourth-order valence-electron chi connectivity index (χ4n) is 5.71. The van der Waals surface area contributed by atoms with Gasteiger partial charge >= 0.3 is 0 Å². The number of nitrogens with zero attached hydrogens (tertiary/aromatic N) is 3. The molecule has 1 aliphatic heterocycles. The van der Waals surface area contributed by atoms with Gasteiger partial charge in [-0.1, -0.05) is 57.5 Å². The molecule has 0 bridgehead atoms. The number of carbonyl (C=O) groups excluding carboxylic acids is 1. The molecule has 2 aromatic carbocycles. The van der Waals surface area contributed by atoms with E-state index in [1.165, 1.54) is 11.3 Å². The lowest BCUT2D eigenvalue weighted by Gasteiger charge is -2.32. The summed E-state index contributed by atoms with van der Waals surface area (Å²) in [6, 6.07) is 15.1. The Kier molecular flexibility index (Phi) is 9.19. The number of rotatable bonds is 8. The van der Waals surface area contributed by atoms with Gasteiger partial charge in [0.05, 0.1) is 29.6 Å². The molecule has 2 aromatic heterocycles. The van der Waals surface area contributed by atoms with E-state index in [-0.39, 0.29) is 17.4 Å². The number of benzene rings is 2. The summed E-state index contributed by atoms with van der Waals surface area (Å²) in [6.45, 7) is 9.93. The molecule has 0 saturated carbocycles. The quantitative estimate of drug-likeness (QED) is 0.205. The second kappa shape index (κ2) is 12.8. The number of halogens is 1. The maximum Gasteiger partial charge on any atom is 0.265 e. The minimum atomic E-state index is -0.186. The molecule has 220 valence electrons. The van der Waals surface area contributed by atoms with Gasteiger partial charge in [-0.2, -0.15) is 0 Å². The molecule has 42 heavy (non-hydrogen) atoms. The zero-order valence-electron chi connectivity index (χ0n) is 24.9. The van der Waals surface area contributed by atoms with Gasteiger partial charge < -0.3 is 9.64 Å². The minimum Gasteiger partial charge on any atom is -0.497 e. The van der Waals surface area contributed by atoms with Crippen LogP contribution in [0, 0.1) is 11.8 Å². The van der Waals surface area contributed by atoms with E-state index in [1.54, 1.807) is 17.7 Å². The van der Waals surface area contributed by atoms with E-state index in [9.17, 15) is 9.59 Å². The van der Waals surface area contributed by atoms with Crippen molar-refractivity contribution >= 4 is 28.8 Å². The number of aromatic nitrogens is 2. The normalized spacial score (nSPS) is 15.3. The van der Waals surface area contributed by atoms with Crippen LogP contribution in [0.5, 0.6) is 5.75 Å². The van der Waals surface area contributed by atoms with E-state index in [0.29, 0.717) is 45.8 Å². The van der Waals surface area contributed by atoms with Crippen molar-refractivity contribution in [3.63, 3.8) is 0 Å². The van der Waals surface area contributed by atoms with Gasteiger partial charge in [-0.25, -0.2) is 4.98 Å². The summed E-state index contributed by atoms with van der Waals surface area (Å²) in [5.74, 6) is 1.29. The molecular formula is C34H38ClN3O3S. The molecular weight excluding hydrogens is 566 g/mol. The summed E-state index contributed by atoms with van der Waals surface area (Å²) in [6.07, 6.45) is 3.39. The molecule has 1 amide bonds. The number of aryl methyl sites for hydroxylation is 1. The topological polar surface area (TPSA) is 64.4 Å². The first kappa shape index (κ1) is 30.1. The average molecular weight is 604 g/mol. The van der Waals surface area contributed by atoms with E-state index >= 15 is 0 Å². The lowest BCUT2D eigenvalue weighted by atomic mass is 9.96. The summed E-state index contributed by atoms with van der Waals surface area (Å²) >= 11 is 7.51. The molecule has 6 nitrogen and oxygen atoms in total. The van der Waals surface area contributed by atoms with Crippen molar-refractivity contribution in [2.24, 2.45) is 11.8 Å². The smallest absolute Gasteiger partial charge is 0.265 e. The van der Waals surface area contributed by atoms with Gasteiger partial charge in [0.2, 0.25) is 0 Å². The predicted molar refractivity (Wildman–Crippen MR) is 172 cm³/mol. The minimum absolute atomic E-state index is 0.0253. The molecule has 1 fully saturated rings. The summed E-state index contributed by atoms with van der Waals surface area (Å²) < 4.78 is 7.35. The standard InChI is InChI=1S/C34H38ClN3O3S/c1-6-23-11-14-26(41-5)17-30(23)38-31(16-21(2)3)27(33(39)37-15-7-8-22(4)19-37)18-28(34(38)40)32-36-29(20-42-32)24-9-12-25(35)13-10-24/h9-14,17-18,20-22H,6-8,15-16,19H2,1-5H3/t22-/m1/s1. The van der Waals surface area contributed by atoms with Gasteiger partial charge in [-0.3, -0.25) is 14.2 Å². The van der Waals surface area contributed by atoms with Crippen LogP contribution < -0.4 is 10.3 Å². The predicted octanol–water partition coefficient (Wildman–Crippen LogP) is 7.92. The second-order valence-electron chi connectivity index (χ2n) is 11.5. The Balaban J connectivity index is 1.78. The van der Waals surface area contributed by atoms with E-state index in [1.807, 2.05) is 52.7 Å². The van der Waals surface area contributed by atoms with Crippen LogP contribution in [0.25, 0.3) is 27.5 Å². The summed E-state index contributed by atoms with van der Waals surface area (Å²) in [7, 11) is 1.62. The summed E-state index contributed by atoms with van der Waals surface area (Å²) in [5, 5.41) is 3.18. The number of thiazole rings is 1. The Morgan fingerprint density at radius 3 is 2.60 bits per heavy atom. The Labute approximate surface area is 256 Å². The highest BCUT2D eigenvalue weighted by molar-refractivity contribution is 7.13. The highest BCUT2D eigenvalue weighted by Gasteiger charge is 2.29. The monoisotopic (exact) mass is 603 g/mol. The Morgan fingerprint density at radius 1 is 1.17 bits per heavy atom. The molecule has 5 rings (SSSR count). The molecule has 0 N–H and O–H groups in total. The second-order valence-corrected chi connectivity index (χ2v) is 12.8. The number of ether oxygens (including phenoxy) is 1. The van der Waals surface area contributed by atoms with Crippen molar-refractivity contribution in [1.82, 2.24) is 14.5 Å². The van der Waals surface area contributed by atoms with Crippen molar-refractivity contribution in [2.75, 3.05) is 20.2 Å². The van der Waals surface area contributed by atoms with Crippen LogP contribution in [0.15, 0.2) is 58.7 Å². The maximum atomic E-state index is 14.6. The number of methoxy groups -OCH3 is 1. The van der Waals surface area contributed by atoms with E-state index in [4.69, 9.17) is 21.3 Å². The first-order chi connectivity index (χ1) is 20.2. The number of carbonyl (C=O) groups is 1. The number of hydrogen-bond donors (Lipinski definition) is 0.